The molecule has 0 fully saturated rings. The van der Waals surface area contributed by atoms with E-state index in [0.717, 1.165) is 31.5 Å². The summed E-state index contributed by atoms with van der Waals surface area (Å²) >= 11 is 0. The second-order valence-corrected chi connectivity index (χ2v) is 5.13. The Balaban J connectivity index is 2.60. The Morgan fingerprint density at radius 3 is 2.67 bits per heavy atom. The van der Waals surface area contributed by atoms with Crippen molar-refractivity contribution < 1.29 is 4.39 Å². The molecule has 1 aromatic carbocycles. The monoisotopic (exact) mass is 251 g/mol. The lowest BCUT2D eigenvalue weighted by Crippen LogP contribution is -2.25. The van der Waals surface area contributed by atoms with Crippen molar-refractivity contribution in [3.05, 3.63) is 35.1 Å². The molecule has 0 aromatic heterocycles. The van der Waals surface area contributed by atoms with Crippen molar-refractivity contribution >= 4 is 0 Å². The van der Waals surface area contributed by atoms with Crippen molar-refractivity contribution in [2.75, 3.05) is 13.1 Å². The van der Waals surface area contributed by atoms with Crippen LogP contribution < -0.4 is 5.32 Å². The van der Waals surface area contributed by atoms with Gasteiger partial charge in [0, 0.05) is 0 Å². The lowest BCUT2D eigenvalue weighted by molar-refractivity contribution is 0.437. The highest BCUT2D eigenvalue weighted by Crippen LogP contribution is 2.18. The Morgan fingerprint density at radius 2 is 2.00 bits per heavy atom. The topological polar surface area (TPSA) is 12.0 Å². The van der Waals surface area contributed by atoms with Crippen LogP contribution in [0.25, 0.3) is 0 Å². The van der Waals surface area contributed by atoms with E-state index >= 15 is 0 Å². The minimum atomic E-state index is -0.118. The van der Waals surface area contributed by atoms with Crippen LogP contribution in [0, 0.1) is 18.7 Å². The molecule has 1 atom stereocenters. The maximum Gasteiger partial charge on any atom is 0.123 e. The maximum absolute atomic E-state index is 13.3. The Morgan fingerprint density at radius 1 is 1.22 bits per heavy atom. The van der Waals surface area contributed by atoms with Gasteiger partial charge in [-0.2, -0.15) is 0 Å². The van der Waals surface area contributed by atoms with Crippen LogP contribution in [0.3, 0.4) is 0 Å². The highest BCUT2D eigenvalue weighted by molar-refractivity contribution is 5.27. The van der Waals surface area contributed by atoms with Gasteiger partial charge in [0.25, 0.3) is 0 Å². The summed E-state index contributed by atoms with van der Waals surface area (Å²) in [5, 5.41) is 3.48. The highest BCUT2D eigenvalue weighted by Gasteiger charge is 2.10. The minimum absolute atomic E-state index is 0.118. The third-order valence-electron chi connectivity index (χ3n) is 3.38. The number of nitrogens with one attached hydrogen (secondary N) is 1. The van der Waals surface area contributed by atoms with Gasteiger partial charge in [0.05, 0.1) is 0 Å². The molecule has 0 saturated carbocycles. The third-order valence-corrected chi connectivity index (χ3v) is 3.38. The van der Waals surface area contributed by atoms with Crippen molar-refractivity contribution in [2.45, 2.75) is 46.5 Å². The van der Waals surface area contributed by atoms with Crippen LogP contribution >= 0.6 is 0 Å². The Labute approximate surface area is 111 Å². The Bertz CT molecular complexity index is 349. The number of aryl methyl sites for hydroxylation is 1. The fourth-order valence-electron chi connectivity index (χ4n) is 2.34. The Kier molecular flexibility index (Phi) is 6.96. The molecule has 0 heterocycles. The Hall–Kier alpha value is -0.890. The molecule has 1 nitrogen and oxygen atoms in total. The zero-order chi connectivity index (χ0) is 13.4. The van der Waals surface area contributed by atoms with Gasteiger partial charge < -0.3 is 5.32 Å². The van der Waals surface area contributed by atoms with Crippen molar-refractivity contribution in [3.8, 4) is 0 Å². The molecule has 1 rings (SSSR count). The fraction of sp³-hybridized carbons (Fsp3) is 0.625. The van der Waals surface area contributed by atoms with Crippen molar-refractivity contribution in [2.24, 2.45) is 5.92 Å². The normalized spacial score (nSPS) is 12.7. The molecule has 0 amide bonds. The van der Waals surface area contributed by atoms with Gasteiger partial charge in [0.1, 0.15) is 5.82 Å². The van der Waals surface area contributed by atoms with Crippen LogP contribution in [-0.4, -0.2) is 13.1 Å². The summed E-state index contributed by atoms with van der Waals surface area (Å²) < 4.78 is 13.3. The van der Waals surface area contributed by atoms with Gasteiger partial charge in [0.15, 0.2) is 0 Å². The second-order valence-electron chi connectivity index (χ2n) is 5.13. The van der Waals surface area contributed by atoms with Crippen LogP contribution in [0.4, 0.5) is 4.39 Å². The number of halogens is 1. The van der Waals surface area contributed by atoms with Crippen molar-refractivity contribution in [3.63, 3.8) is 0 Å². The molecule has 0 saturated heterocycles. The quantitative estimate of drug-likeness (QED) is 0.686. The lowest BCUT2D eigenvalue weighted by atomic mass is 9.92. The zero-order valence-electron chi connectivity index (χ0n) is 11.9. The molecule has 0 aliphatic rings. The van der Waals surface area contributed by atoms with E-state index in [1.54, 1.807) is 12.1 Å². The predicted octanol–water partition coefficient (Wildman–Crippen LogP) is 4.09. The fourth-order valence-corrected chi connectivity index (χ4v) is 2.34. The van der Waals surface area contributed by atoms with E-state index in [1.165, 1.54) is 18.4 Å². The number of hydrogen-bond acceptors (Lipinski definition) is 1. The molecule has 0 bridgehead atoms. The first-order chi connectivity index (χ1) is 8.67. The van der Waals surface area contributed by atoms with Crippen molar-refractivity contribution in [1.29, 1.82) is 0 Å². The first-order valence-corrected chi connectivity index (χ1v) is 7.13. The van der Waals surface area contributed by atoms with E-state index in [9.17, 15) is 4.39 Å². The summed E-state index contributed by atoms with van der Waals surface area (Å²) in [6.07, 6.45) is 4.53. The molecule has 1 N–H and O–H groups in total. The summed E-state index contributed by atoms with van der Waals surface area (Å²) in [6, 6.07) is 5.12. The van der Waals surface area contributed by atoms with E-state index in [1.807, 2.05) is 6.07 Å². The third kappa shape index (κ3) is 5.18. The van der Waals surface area contributed by atoms with Gasteiger partial charge in [-0.15, -0.1) is 0 Å². The summed E-state index contributed by atoms with van der Waals surface area (Å²) in [4.78, 5) is 0. The molecule has 1 aromatic rings. The largest absolute Gasteiger partial charge is 0.316 e. The number of hydrogen-bond donors (Lipinski definition) is 1. The van der Waals surface area contributed by atoms with Gasteiger partial charge in [-0.05, 0) is 68.5 Å². The molecule has 0 aliphatic carbocycles. The van der Waals surface area contributed by atoms with Gasteiger partial charge >= 0.3 is 0 Å². The van der Waals surface area contributed by atoms with Crippen LogP contribution in [0.5, 0.6) is 0 Å². The minimum Gasteiger partial charge on any atom is -0.316 e. The highest BCUT2D eigenvalue weighted by atomic mass is 19.1. The second kappa shape index (κ2) is 8.25. The van der Waals surface area contributed by atoms with E-state index in [4.69, 9.17) is 0 Å². The SMILES string of the molecule is CCCNCC(CCC)Cc1cc(F)ccc1C. The smallest absolute Gasteiger partial charge is 0.123 e. The molecule has 0 spiro atoms. The maximum atomic E-state index is 13.3. The van der Waals surface area contributed by atoms with E-state index in [-0.39, 0.29) is 5.82 Å². The van der Waals surface area contributed by atoms with Gasteiger partial charge in [-0.1, -0.05) is 26.3 Å². The van der Waals surface area contributed by atoms with E-state index in [0.29, 0.717) is 5.92 Å². The van der Waals surface area contributed by atoms with E-state index in [2.05, 4.69) is 26.1 Å². The van der Waals surface area contributed by atoms with Gasteiger partial charge in [-0.25, -0.2) is 4.39 Å². The van der Waals surface area contributed by atoms with Crippen LogP contribution in [0.1, 0.15) is 44.2 Å². The van der Waals surface area contributed by atoms with Crippen LogP contribution in [-0.2, 0) is 6.42 Å². The molecule has 18 heavy (non-hydrogen) atoms. The summed E-state index contributed by atoms with van der Waals surface area (Å²) in [7, 11) is 0. The van der Waals surface area contributed by atoms with Crippen LogP contribution in [0.2, 0.25) is 0 Å². The van der Waals surface area contributed by atoms with Crippen LogP contribution in [0.15, 0.2) is 18.2 Å². The average Bonchev–Trinajstić information content (AvgIpc) is 2.34. The molecule has 0 radical (unpaired) electrons. The van der Waals surface area contributed by atoms with Gasteiger partial charge in [-0.3, -0.25) is 0 Å². The summed E-state index contributed by atoms with van der Waals surface area (Å²) in [5.41, 5.74) is 2.36. The number of benzene rings is 1. The summed E-state index contributed by atoms with van der Waals surface area (Å²) in [5.74, 6) is 0.495. The summed E-state index contributed by atoms with van der Waals surface area (Å²) in [6.45, 7) is 8.57. The molecular formula is C16H26FN. The standard InChI is InChI=1S/C16H26FN/c1-4-6-14(12-18-9-5-2)10-15-11-16(17)8-7-13(15)3/h7-8,11,14,18H,4-6,9-10,12H2,1-3H3. The number of rotatable bonds is 8. The average molecular weight is 251 g/mol. The molecule has 0 aliphatic heterocycles. The predicted molar refractivity (Wildman–Crippen MR) is 76.4 cm³/mol. The molecule has 1 unspecified atom stereocenters. The van der Waals surface area contributed by atoms with Crippen molar-refractivity contribution in [1.82, 2.24) is 5.32 Å². The first kappa shape index (κ1) is 15.2. The molecular weight excluding hydrogens is 225 g/mol. The van der Waals surface area contributed by atoms with E-state index < -0.39 is 0 Å². The zero-order valence-corrected chi connectivity index (χ0v) is 11.9. The molecule has 2 heteroatoms. The molecule has 102 valence electrons. The van der Waals surface area contributed by atoms with Gasteiger partial charge in [0.2, 0.25) is 0 Å². The first-order valence-electron chi connectivity index (χ1n) is 7.13. The lowest BCUT2D eigenvalue weighted by Gasteiger charge is -2.18.